The van der Waals surface area contributed by atoms with Gasteiger partial charge in [0.2, 0.25) is 0 Å². The molecular weight excluding hydrogens is 150 g/mol. The third-order valence-electron chi connectivity index (χ3n) is 1.15. The van der Waals surface area contributed by atoms with Crippen molar-refractivity contribution < 1.29 is 5.11 Å². The topological polar surface area (TPSA) is 23.5 Å². The van der Waals surface area contributed by atoms with Crippen LogP contribution in [0.3, 0.4) is 0 Å². The van der Waals surface area contributed by atoms with Gasteiger partial charge in [-0.1, -0.05) is 12.2 Å². The maximum Gasteiger partial charge on any atom is 0.0558 e. The number of halogens is 1. The molecule has 0 aromatic heterocycles. The molecule has 0 spiro atoms. The lowest BCUT2D eigenvalue weighted by Gasteiger charge is -2.10. The zero-order valence-corrected chi connectivity index (χ0v) is 7.01. The first-order chi connectivity index (χ1) is 4.81. The molecule has 0 aliphatic heterocycles. The predicted molar refractivity (Wildman–Crippen MR) is 44.4 cm³/mol. The van der Waals surface area contributed by atoms with Gasteiger partial charge in [-0.15, -0.1) is 11.6 Å². The van der Waals surface area contributed by atoms with Crippen LogP contribution in [0.15, 0.2) is 12.2 Å². The lowest BCUT2D eigenvalue weighted by molar-refractivity contribution is 0.232. The van der Waals surface area contributed by atoms with E-state index in [4.69, 9.17) is 16.7 Å². The van der Waals surface area contributed by atoms with E-state index in [1.807, 2.05) is 24.1 Å². The van der Waals surface area contributed by atoms with Gasteiger partial charge in [0.15, 0.2) is 0 Å². The van der Waals surface area contributed by atoms with Crippen molar-refractivity contribution in [2.24, 2.45) is 0 Å². The molecule has 0 atom stereocenters. The molecule has 0 aliphatic rings. The van der Waals surface area contributed by atoms with Gasteiger partial charge in [-0.3, -0.25) is 0 Å². The number of alkyl halides is 1. The Kier molecular flexibility index (Phi) is 7.03. The largest absolute Gasteiger partial charge is 0.395 e. The van der Waals surface area contributed by atoms with Gasteiger partial charge >= 0.3 is 0 Å². The summed E-state index contributed by atoms with van der Waals surface area (Å²) in [5.41, 5.74) is 0. The van der Waals surface area contributed by atoms with Gasteiger partial charge in [-0.2, -0.15) is 0 Å². The van der Waals surface area contributed by atoms with Gasteiger partial charge in [-0.05, 0) is 7.05 Å². The molecule has 3 heteroatoms. The molecule has 0 fully saturated rings. The van der Waals surface area contributed by atoms with Gasteiger partial charge in [0.25, 0.3) is 0 Å². The van der Waals surface area contributed by atoms with E-state index in [0.717, 1.165) is 6.54 Å². The summed E-state index contributed by atoms with van der Waals surface area (Å²) in [5.74, 6) is 0.562. The average Bonchev–Trinajstić information content (AvgIpc) is 1.89. The summed E-state index contributed by atoms with van der Waals surface area (Å²) >= 11 is 5.41. The summed E-state index contributed by atoms with van der Waals surface area (Å²) in [6.45, 7) is 1.78. The summed E-state index contributed by atoms with van der Waals surface area (Å²) in [7, 11) is 1.95. The van der Waals surface area contributed by atoms with Crippen LogP contribution in [-0.4, -0.2) is 42.6 Å². The maximum absolute atomic E-state index is 8.50. The van der Waals surface area contributed by atoms with Gasteiger partial charge in [0.05, 0.1) is 6.61 Å². The fraction of sp³-hybridized carbons (Fsp3) is 0.714. The highest BCUT2D eigenvalue weighted by Crippen LogP contribution is 1.83. The maximum atomic E-state index is 8.50. The lowest BCUT2D eigenvalue weighted by Crippen LogP contribution is -2.21. The molecule has 1 N–H and O–H groups in total. The molecule has 0 amide bonds. The van der Waals surface area contributed by atoms with Crippen molar-refractivity contribution in [1.29, 1.82) is 0 Å². The average molecular weight is 164 g/mol. The van der Waals surface area contributed by atoms with Gasteiger partial charge in [0.1, 0.15) is 0 Å². The lowest BCUT2D eigenvalue weighted by atomic mass is 10.4. The van der Waals surface area contributed by atoms with Crippen molar-refractivity contribution in [3.63, 3.8) is 0 Å². The van der Waals surface area contributed by atoms with Crippen LogP contribution in [0.4, 0.5) is 0 Å². The Labute approximate surface area is 67.1 Å². The Bertz CT molecular complexity index is 95.6. The van der Waals surface area contributed by atoms with E-state index in [9.17, 15) is 0 Å². The molecule has 2 nitrogen and oxygen atoms in total. The second-order valence-corrected chi connectivity index (χ2v) is 2.42. The smallest absolute Gasteiger partial charge is 0.0558 e. The summed E-state index contributed by atoms with van der Waals surface area (Å²) in [6, 6.07) is 0. The van der Waals surface area contributed by atoms with E-state index in [2.05, 4.69) is 0 Å². The van der Waals surface area contributed by atoms with Crippen LogP contribution in [0.2, 0.25) is 0 Å². The van der Waals surface area contributed by atoms with Crippen LogP contribution < -0.4 is 0 Å². The van der Waals surface area contributed by atoms with E-state index in [1.54, 1.807) is 0 Å². The number of likely N-dealkylation sites (N-methyl/N-ethyl adjacent to an activating group) is 1. The first-order valence-electron chi connectivity index (χ1n) is 3.31. The quantitative estimate of drug-likeness (QED) is 0.477. The first-order valence-corrected chi connectivity index (χ1v) is 3.85. The Balaban J connectivity index is 3.20. The molecule has 10 heavy (non-hydrogen) atoms. The zero-order chi connectivity index (χ0) is 7.82. The van der Waals surface area contributed by atoms with Crippen molar-refractivity contribution >= 4 is 11.6 Å². The molecule has 0 rings (SSSR count). The summed E-state index contributed by atoms with van der Waals surface area (Å²) in [5, 5.41) is 8.50. The SMILES string of the molecule is CN(C/C=C/CCl)CCO. The molecule has 0 saturated carbocycles. The van der Waals surface area contributed by atoms with Crippen molar-refractivity contribution in [3.05, 3.63) is 12.2 Å². The van der Waals surface area contributed by atoms with E-state index < -0.39 is 0 Å². The third kappa shape index (κ3) is 6.08. The van der Waals surface area contributed by atoms with Crippen molar-refractivity contribution in [2.75, 3.05) is 32.6 Å². The highest BCUT2D eigenvalue weighted by atomic mass is 35.5. The second kappa shape index (κ2) is 7.06. The summed E-state index contributed by atoms with van der Waals surface area (Å²) in [4.78, 5) is 2.02. The Morgan fingerprint density at radius 3 is 2.70 bits per heavy atom. The summed E-state index contributed by atoms with van der Waals surface area (Å²) in [6.07, 6.45) is 3.89. The van der Waals surface area contributed by atoms with Gasteiger partial charge < -0.3 is 10.0 Å². The van der Waals surface area contributed by atoms with Gasteiger partial charge in [0, 0.05) is 19.0 Å². The van der Waals surface area contributed by atoms with Crippen LogP contribution in [0.5, 0.6) is 0 Å². The number of nitrogens with zero attached hydrogens (tertiary/aromatic N) is 1. The van der Waals surface area contributed by atoms with Crippen molar-refractivity contribution in [2.45, 2.75) is 0 Å². The third-order valence-corrected chi connectivity index (χ3v) is 1.33. The van der Waals surface area contributed by atoms with Crippen LogP contribution in [-0.2, 0) is 0 Å². The monoisotopic (exact) mass is 163 g/mol. The van der Waals surface area contributed by atoms with Crippen LogP contribution in [0.1, 0.15) is 0 Å². The highest BCUT2D eigenvalue weighted by molar-refractivity contribution is 6.18. The highest BCUT2D eigenvalue weighted by Gasteiger charge is 1.90. The molecule has 60 valence electrons. The minimum Gasteiger partial charge on any atom is -0.395 e. The number of rotatable bonds is 5. The molecular formula is C7H14ClNO. The van der Waals surface area contributed by atoms with Crippen LogP contribution in [0, 0.1) is 0 Å². The second-order valence-electron chi connectivity index (χ2n) is 2.11. The minimum atomic E-state index is 0.214. The van der Waals surface area contributed by atoms with Gasteiger partial charge in [-0.25, -0.2) is 0 Å². The van der Waals surface area contributed by atoms with Crippen LogP contribution >= 0.6 is 11.6 Å². The molecule has 0 aromatic carbocycles. The van der Waals surface area contributed by atoms with E-state index in [-0.39, 0.29) is 6.61 Å². The van der Waals surface area contributed by atoms with E-state index in [1.165, 1.54) is 0 Å². The normalized spacial score (nSPS) is 11.6. The number of allylic oxidation sites excluding steroid dienone is 1. The number of hydrogen-bond donors (Lipinski definition) is 1. The zero-order valence-electron chi connectivity index (χ0n) is 6.26. The first kappa shape index (κ1) is 9.95. The van der Waals surface area contributed by atoms with E-state index >= 15 is 0 Å². The fourth-order valence-electron chi connectivity index (χ4n) is 0.579. The number of hydrogen-bond acceptors (Lipinski definition) is 2. The molecule has 0 aromatic rings. The molecule has 0 saturated heterocycles. The standard InChI is InChI=1S/C7H14ClNO/c1-9(6-7-10)5-3-2-4-8/h2-3,10H,4-7H2,1H3/b3-2+. The van der Waals surface area contributed by atoms with Crippen LogP contribution in [0.25, 0.3) is 0 Å². The molecule has 0 heterocycles. The Morgan fingerprint density at radius 1 is 1.50 bits per heavy atom. The summed E-state index contributed by atoms with van der Waals surface area (Å²) < 4.78 is 0. The Morgan fingerprint density at radius 2 is 2.20 bits per heavy atom. The fourth-order valence-corrected chi connectivity index (χ4v) is 0.705. The number of aliphatic hydroxyl groups excluding tert-OH is 1. The molecule has 0 aliphatic carbocycles. The number of aliphatic hydroxyl groups is 1. The molecule has 0 radical (unpaired) electrons. The van der Waals surface area contributed by atoms with Crippen molar-refractivity contribution in [1.82, 2.24) is 4.90 Å². The molecule has 0 bridgehead atoms. The van der Waals surface area contributed by atoms with Crippen molar-refractivity contribution in [3.8, 4) is 0 Å². The minimum absolute atomic E-state index is 0.214. The molecule has 0 unspecified atom stereocenters. The predicted octanol–water partition coefficient (Wildman–Crippen LogP) is 0.706. The van der Waals surface area contributed by atoms with E-state index in [0.29, 0.717) is 12.4 Å². The Hall–Kier alpha value is -0.0500.